The Morgan fingerprint density at radius 3 is 2.71 bits per heavy atom. The van der Waals surface area contributed by atoms with E-state index in [1.54, 1.807) is 18.4 Å². The number of aromatic nitrogens is 5. The third-order valence-electron chi connectivity index (χ3n) is 2.45. The fourth-order valence-electron chi connectivity index (χ4n) is 1.68. The molecule has 0 saturated carbocycles. The molecule has 1 unspecified atom stereocenters. The van der Waals surface area contributed by atoms with Crippen molar-refractivity contribution >= 4 is 11.3 Å². The summed E-state index contributed by atoms with van der Waals surface area (Å²) in [6.45, 7) is 6.80. The van der Waals surface area contributed by atoms with Gasteiger partial charge in [0, 0.05) is 10.9 Å². The van der Waals surface area contributed by atoms with E-state index >= 15 is 0 Å². The molecule has 0 fully saturated rings. The van der Waals surface area contributed by atoms with Crippen molar-refractivity contribution in [2.24, 2.45) is 7.05 Å². The van der Waals surface area contributed by atoms with Crippen molar-refractivity contribution in [3.63, 3.8) is 0 Å². The zero-order valence-electron chi connectivity index (χ0n) is 10.4. The summed E-state index contributed by atoms with van der Waals surface area (Å²) >= 11 is 1.73. The second kappa shape index (κ2) is 4.89. The molecule has 2 aromatic rings. The van der Waals surface area contributed by atoms with Crippen LogP contribution < -0.4 is 5.32 Å². The summed E-state index contributed by atoms with van der Waals surface area (Å²) in [5, 5.41) is 16.3. The lowest BCUT2D eigenvalue weighted by Crippen LogP contribution is -2.18. The highest BCUT2D eigenvalue weighted by molar-refractivity contribution is 7.11. The van der Waals surface area contributed by atoms with Gasteiger partial charge in [-0.15, -0.1) is 21.5 Å². The van der Waals surface area contributed by atoms with E-state index in [4.69, 9.17) is 0 Å². The van der Waals surface area contributed by atoms with Gasteiger partial charge < -0.3 is 5.32 Å². The summed E-state index contributed by atoms with van der Waals surface area (Å²) in [5.74, 6) is 0.707. The van der Waals surface area contributed by atoms with E-state index in [1.807, 2.05) is 13.8 Å². The molecule has 1 N–H and O–H groups in total. The van der Waals surface area contributed by atoms with Crippen LogP contribution in [0, 0.1) is 13.8 Å². The SMILES string of the molecule is Cc1nc(C)c(C(C)NCc2nnn(C)n2)s1. The zero-order chi connectivity index (χ0) is 12.4. The Bertz CT molecular complexity index is 503. The van der Waals surface area contributed by atoms with Gasteiger partial charge in [0.05, 0.1) is 24.3 Å². The normalized spacial score (nSPS) is 12.9. The van der Waals surface area contributed by atoms with E-state index in [0.29, 0.717) is 12.4 Å². The molecule has 0 bridgehead atoms. The second-order valence-electron chi connectivity index (χ2n) is 3.98. The predicted molar refractivity (Wildman–Crippen MR) is 65.6 cm³/mol. The van der Waals surface area contributed by atoms with Gasteiger partial charge in [0.2, 0.25) is 0 Å². The molecule has 0 aliphatic heterocycles. The van der Waals surface area contributed by atoms with Crippen LogP contribution in [0.1, 0.15) is 34.4 Å². The number of aryl methyl sites for hydroxylation is 3. The van der Waals surface area contributed by atoms with Gasteiger partial charge in [0.25, 0.3) is 0 Å². The van der Waals surface area contributed by atoms with Crippen LogP contribution in [-0.2, 0) is 13.6 Å². The molecule has 0 aromatic carbocycles. The molecule has 0 saturated heterocycles. The minimum atomic E-state index is 0.255. The van der Waals surface area contributed by atoms with Crippen LogP contribution >= 0.6 is 11.3 Å². The van der Waals surface area contributed by atoms with E-state index < -0.39 is 0 Å². The Balaban J connectivity index is 1.97. The summed E-state index contributed by atoms with van der Waals surface area (Å²) < 4.78 is 0. The van der Waals surface area contributed by atoms with Crippen LogP contribution in [0.25, 0.3) is 0 Å². The topological polar surface area (TPSA) is 68.5 Å². The van der Waals surface area contributed by atoms with Crippen LogP contribution in [0.5, 0.6) is 0 Å². The average Bonchev–Trinajstić information content (AvgIpc) is 2.81. The highest BCUT2D eigenvalue weighted by Crippen LogP contribution is 2.24. The molecule has 92 valence electrons. The van der Waals surface area contributed by atoms with Crippen molar-refractivity contribution < 1.29 is 0 Å². The maximum absolute atomic E-state index is 4.42. The van der Waals surface area contributed by atoms with Gasteiger partial charge in [0.1, 0.15) is 0 Å². The van der Waals surface area contributed by atoms with Crippen molar-refractivity contribution in [1.82, 2.24) is 30.5 Å². The lowest BCUT2D eigenvalue weighted by Gasteiger charge is -2.10. The molecule has 2 aromatic heterocycles. The fourth-order valence-corrected chi connectivity index (χ4v) is 2.63. The molecular formula is C10H16N6S. The number of hydrogen-bond donors (Lipinski definition) is 1. The molecule has 6 nitrogen and oxygen atoms in total. The van der Waals surface area contributed by atoms with Crippen molar-refractivity contribution in [1.29, 1.82) is 0 Å². The molecule has 0 spiro atoms. The smallest absolute Gasteiger partial charge is 0.188 e. The summed E-state index contributed by atoms with van der Waals surface area (Å²) in [6.07, 6.45) is 0. The first-order chi connectivity index (χ1) is 8.06. The third-order valence-corrected chi connectivity index (χ3v) is 3.70. The summed E-state index contributed by atoms with van der Waals surface area (Å²) in [4.78, 5) is 7.15. The molecule has 0 radical (unpaired) electrons. The Morgan fingerprint density at radius 1 is 1.41 bits per heavy atom. The Kier molecular flexibility index (Phi) is 3.49. The summed E-state index contributed by atoms with van der Waals surface area (Å²) in [5.41, 5.74) is 1.10. The summed E-state index contributed by atoms with van der Waals surface area (Å²) in [6, 6.07) is 0.255. The molecule has 0 aliphatic rings. The molecule has 0 amide bonds. The Labute approximate surface area is 104 Å². The van der Waals surface area contributed by atoms with Crippen molar-refractivity contribution in [3.05, 3.63) is 21.4 Å². The first kappa shape index (κ1) is 12.1. The zero-order valence-corrected chi connectivity index (χ0v) is 11.2. The van der Waals surface area contributed by atoms with Gasteiger partial charge in [-0.1, -0.05) is 0 Å². The van der Waals surface area contributed by atoms with Crippen molar-refractivity contribution in [2.45, 2.75) is 33.4 Å². The standard InChI is InChI=1S/C10H16N6S/c1-6(10-7(2)12-8(3)17-10)11-5-9-13-15-16(4)14-9/h6,11H,5H2,1-4H3. The van der Waals surface area contributed by atoms with E-state index in [-0.39, 0.29) is 6.04 Å². The Hall–Kier alpha value is -1.34. The van der Waals surface area contributed by atoms with Gasteiger partial charge in [-0.3, -0.25) is 0 Å². The number of rotatable bonds is 4. The number of nitrogens with zero attached hydrogens (tertiary/aromatic N) is 5. The van der Waals surface area contributed by atoms with E-state index in [0.717, 1.165) is 10.7 Å². The van der Waals surface area contributed by atoms with Crippen LogP contribution in [0.2, 0.25) is 0 Å². The molecule has 0 aliphatic carbocycles. The Morgan fingerprint density at radius 2 is 2.18 bits per heavy atom. The van der Waals surface area contributed by atoms with Gasteiger partial charge in [-0.05, 0) is 26.0 Å². The number of nitrogens with one attached hydrogen (secondary N) is 1. The maximum atomic E-state index is 4.42. The summed E-state index contributed by atoms with van der Waals surface area (Å²) in [7, 11) is 1.76. The number of tetrazole rings is 1. The van der Waals surface area contributed by atoms with Crippen molar-refractivity contribution in [3.8, 4) is 0 Å². The van der Waals surface area contributed by atoms with Gasteiger partial charge in [0.15, 0.2) is 5.82 Å². The number of hydrogen-bond acceptors (Lipinski definition) is 6. The van der Waals surface area contributed by atoms with Crippen LogP contribution in [-0.4, -0.2) is 25.2 Å². The molecule has 7 heteroatoms. The van der Waals surface area contributed by atoms with E-state index in [2.05, 4.69) is 32.6 Å². The van der Waals surface area contributed by atoms with Crippen molar-refractivity contribution in [2.75, 3.05) is 0 Å². The first-order valence-electron chi connectivity index (χ1n) is 5.46. The van der Waals surface area contributed by atoms with E-state index in [9.17, 15) is 0 Å². The number of thiazole rings is 1. The molecule has 2 heterocycles. The van der Waals surface area contributed by atoms with Crippen LogP contribution in [0.15, 0.2) is 0 Å². The van der Waals surface area contributed by atoms with Crippen LogP contribution in [0.3, 0.4) is 0 Å². The maximum Gasteiger partial charge on any atom is 0.188 e. The highest BCUT2D eigenvalue weighted by atomic mass is 32.1. The van der Waals surface area contributed by atoms with E-state index in [1.165, 1.54) is 9.67 Å². The third kappa shape index (κ3) is 2.86. The monoisotopic (exact) mass is 252 g/mol. The minimum absolute atomic E-state index is 0.255. The quantitative estimate of drug-likeness (QED) is 0.883. The average molecular weight is 252 g/mol. The minimum Gasteiger partial charge on any atom is -0.302 e. The first-order valence-corrected chi connectivity index (χ1v) is 6.28. The lowest BCUT2D eigenvalue weighted by molar-refractivity contribution is 0.559. The van der Waals surface area contributed by atoms with Gasteiger partial charge in [-0.2, -0.15) is 4.80 Å². The van der Waals surface area contributed by atoms with Crippen LogP contribution in [0.4, 0.5) is 0 Å². The molecule has 1 atom stereocenters. The fraction of sp³-hybridized carbons (Fsp3) is 0.600. The highest BCUT2D eigenvalue weighted by Gasteiger charge is 2.13. The molecular weight excluding hydrogens is 236 g/mol. The molecule has 17 heavy (non-hydrogen) atoms. The second-order valence-corrected chi connectivity index (χ2v) is 5.22. The largest absolute Gasteiger partial charge is 0.302 e. The molecule has 2 rings (SSSR count). The van der Waals surface area contributed by atoms with Gasteiger partial charge in [-0.25, -0.2) is 4.98 Å². The lowest BCUT2D eigenvalue weighted by atomic mass is 10.2. The predicted octanol–water partition coefficient (Wildman–Crippen LogP) is 1.13. The van der Waals surface area contributed by atoms with Gasteiger partial charge >= 0.3 is 0 Å².